The highest BCUT2D eigenvalue weighted by Gasteiger charge is 2.40. The van der Waals surface area contributed by atoms with Gasteiger partial charge in [0.2, 0.25) is 0 Å². The zero-order valence-electron chi connectivity index (χ0n) is 10.2. The van der Waals surface area contributed by atoms with Crippen molar-refractivity contribution in [1.29, 1.82) is 0 Å². The molecule has 6 heteroatoms. The number of nitrogens with one attached hydrogen (secondary N) is 1. The standard InChI is InChI=1S/C13H15F2NO3/c14-3-4-19-12-2-1-9(15)6-11(12)10-5-8(10)7-16-13(17)18/h1-2,6,8,10,16H,3-5,7H2,(H,17,18). The van der Waals surface area contributed by atoms with Gasteiger partial charge in [-0.2, -0.15) is 0 Å². The molecule has 1 amide bonds. The predicted octanol–water partition coefficient (Wildman–Crippen LogP) is 2.55. The number of ether oxygens (including phenoxy) is 1. The first-order valence-corrected chi connectivity index (χ1v) is 6.07. The van der Waals surface area contributed by atoms with Crippen molar-refractivity contribution in [1.82, 2.24) is 5.32 Å². The van der Waals surface area contributed by atoms with Gasteiger partial charge in [-0.1, -0.05) is 0 Å². The lowest BCUT2D eigenvalue weighted by Gasteiger charge is -2.10. The normalized spacial score (nSPS) is 20.9. The minimum absolute atomic E-state index is 0.0661. The largest absolute Gasteiger partial charge is 0.491 e. The highest BCUT2D eigenvalue weighted by Crippen LogP contribution is 2.50. The smallest absolute Gasteiger partial charge is 0.404 e. The second-order valence-corrected chi connectivity index (χ2v) is 4.51. The van der Waals surface area contributed by atoms with Gasteiger partial charge in [0.15, 0.2) is 0 Å². The molecule has 0 saturated heterocycles. The summed E-state index contributed by atoms with van der Waals surface area (Å²) in [4.78, 5) is 10.4. The molecule has 1 fully saturated rings. The Balaban J connectivity index is 2.03. The molecule has 1 aromatic rings. The Kier molecular flexibility index (Phi) is 4.19. The van der Waals surface area contributed by atoms with Crippen molar-refractivity contribution in [2.45, 2.75) is 12.3 Å². The van der Waals surface area contributed by atoms with Crippen LogP contribution in [0.5, 0.6) is 5.75 Å². The summed E-state index contributed by atoms with van der Waals surface area (Å²) >= 11 is 0. The third-order valence-corrected chi connectivity index (χ3v) is 3.14. The second kappa shape index (κ2) is 5.86. The summed E-state index contributed by atoms with van der Waals surface area (Å²) in [6.45, 7) is -0.339. The molecule has 2 N–H and O–H groups in total. The molecule has 1 aliphatic carbocycles. The number of hydrogen-bond donors (Lipinski definition) is 2. The molecule has 0 bridgehead atoms. The Labute approximate surface area is 109 Å². The second-order valence-electron chi connectivity index (χ2n) is 4.51. The zero-order valence-corrected chi connectivity index (χ0v) is 10.2. The number of amides is 1. The van der Waals surface area contributed by atoms with Gasteiger partial charge in [-0.3, -0.25) is 0 Å². The Morgan fingerprint density at radius 2 is 2.32 bits per heavy atom. The summed E-state index contributed by atoms with van der Waals surface area (Å²) in [5, 5.41) is 10.8. The van der Waals surface area contributed by atoms with Crippen LogP contribution in [0.1, 0.15) is 17.9 Å². The number of benzene rings is 1. The van der Waals surface area contributed by atoms with E-state index < -0.39 is 12.8 Å². The highest BCUT2D eigenvalue weighted by atomic mass is 19.1. The lowest BCUT2D eigenvalue weighted by atomic mass is 10.1. The monoisotopic (exact) mass is 271 g/mol. The van der Waals surface area contributed by atoms with E-state index in [4.69, 9.17) is 9.84 Å². The molecule has 104 valence electrons. The fourth-order valence-electron chi connectivity index (χ4n) is 2.16. The quantitative estimate of drug-likeness (QED) is 0.836. The Morgan fingerprint density at radius 1 is 1.53 bits per heavy atom. The lowest BCUT2D eigenvalue weighted by molar-refractivity contribution is 0.194. The molecule has 2 rings (SSSR count). The van der Waals surface area contributed by atoms with Crippen LogP contribution in [0.25, 0.3) is 0 Å². The number of carboxylic acid groups (broad SMARTS) is 1. The average Bonchev–Trinajstić information content (AvgIpc) is 3.14. The Bertz CT molecular complexity index is 467. The van der Waals surface area contributed by atoms with E-state index in [2.05, 4.69) is 5.32 Å². The van der Waals surface area contributed by atoms with Gasteiger partial charge in [0.25, 0.3) is 0 Å². The van der Waals surface area contributed by atoms with Crippen LogP contribution in [-0.4, -0.2) is 31.0 Å². The molecule has 1 saturated carbocycles. The molecular weight excluding hydrogens is 256 g/mol. The van der Waals surface area contributed by atoms with Crippen LogP contribution < -0.4 is 10.1 Å². The maximum absolute atomic E-state index is 13.3. The SMILES string of the molecule is O=C(O)NCC1CC1c1cc(F)ccc1OCCF. The Morgan fingerprint density at radius 3 is 3.00 bits per heavy atom. The van der Waals surface area contributed by atoms with Crippen LogP contribution in [0.4, 0.5) is 13.6 Å². The van der Waals surface area contributed by atoms with Crippen LogP contribution in [-0.2, 0) is 0 Å². The van der Waals surface area contributed by atoms with Gasteiger partial charge in [0.1, 0.15) is 24.8 Å². The van der Waals surface area contributed by atoms with Gasteiger partial charge >= 0.3 is 6.09 Å². The summed E-state index contributed by atoms with van der Waals surface area (Å²) in [6.07, 6.45) is -0.297. The molecule has 0 radical (unpaired) electrons. The van der Waals surface area contributed by atoms with E-state index in [1.165, 1.54) is 18.2 Å². The van der Waals surface area contributed by atoms with Gasteiger partial charge in [-0.15, -0.1) is 0 Å². The van der Waals surface area contributed by atoms with Crippen molar-refractivity contribution < 1.29 is 23.4 Å². The third-order valence-electron chi connectivity index (χ3n) is 3.14. The molecule has 19 heavy (non-hydrogen) atoms. The van der Waals surface area contributed by atoms with Crippen molar-refractivity contribution in [3.05, 3.63) is 29.6 Å². The number of rotatable bonds is 6. The van der Waals surface area contributed by atoms with Gasteiger partial charge < -0.3 is 15.2 Å². The molecule has 2 unspecified atom stereocenters. The zero-order chi connectivity index (χ0) is 13.8. The predicted molar refractivity (Wildman–Crippen MR) is 64.7 cm³/mol. The molecule has 0 heterocycles. The molecule has 1 aliphatic rings. The highest BCUT2D eigenvalue weighted by molar-refractivity contribution is 5.64. The Hall–Kier alpha value is -1.85. The van der Waals surface area contributed by atoms with E-state index in [-0.39, 0.29) is 24.3 Å². The minimum Gasteiger partial charge on any atom is -0.491 e. The van der Waals surface area contributed by atoms with Crippen LogP contribution in [0.15, 0.2) is 18.2 Å². The minimum atomic E-state index is -1.07. The fraction of sp³-hybridized carbons (Fsp3) is 0.462. The molecule has 1 aromatic carbocycles. The molecule has 4 nitrogen and oxygen atoms in total. The van der Waals surface area contributed by atoms with Gasteiger partial charge in [-0.25, -0.2) is 13.6 Å². The van der Waals surface area contributed by atoms with Gasteiger partial charge in [-0.05, 0) is 36.5 Å². The van der Waals surface area contributed by atoms with Crippen molar-refractivity contribution in [3.63, 3.8) is 0 Å². The van der Waals surface area contributed by atoms with E-state index in [1.54, 1.807) is 0 Å². The summed E-state index contributed by atoms with van der Waals surface area (Å²) in [7, 11) is 0. The third kappa shape index (κ3) is 3.56. The van der Waals surface area contributed by atoms with Crippen LogP contribution in [0.3, 0.4) is 0 Å². The number of halogens is 2. The fourth-order valence-corrected chi connectivity index (χ4v) is 2.16. The van der Waals surface area contributed by atoms with Crippen LogP contribution >= 0.6 is 0 Å². The molecule has 0 aromatic heterocycles. The molecule has 0 spiro atoms. The topological polar surface area (TPSA) is 58.6 Å². The summed E-state index contributed by atoms with van der Waals surface area (Å²) in [5.41, 5.74) is 0.686. The van der Waals surface area contributed by atoms with Crippen LogP contribution in [0, 0.1) is 11.7 Å². The first-order valence-electron chi connectivity index (χ1n) is 6.07. The van der Waals surface area contributed by atoms with E-state index >= 15 is 0 Å². The maximum Gasteiger partial charge on any atom is 0.404 e. The van der Waals surface area contributed by atoms with Crippen molar-refractivity contribution in [3.8, 4) is 5.75 Å². The first kappa shape index (κ1) is 13.6. The van der Waals surface area contributed by atoms with E-state index in [0.717, 1.165) is 6.42 Å². The van der Waals surface area contributed by atoms with Crippen molar-refractivity contribution in [2.75, 3.05) is 19.8 Å². The number of hydrogen-bond acceptors (Lipinski definition) is 2. The molecular formula is C13H15F2NO3. The van der Waals surface area contributed by atoms with E-state index in [0.29, 0.717) is 17.9 Å². The molecule has 0 aliphatic heterocycles. The first-order chi connectivity index (χ1) is 9.11. The number of alkyl halides is 1. The van der Waals surface area contributed by atoms with E-state index in [9.17, 15) is 13.6 Å². The lowest BCUT2D eigenvalue weighted by Crippen LogP contribution is -2.23. The van der Waals surface area contributed by atoms with Crippen molar-refractivity contribution in [2.24, 2.45) is 5.92 Å². The van der Waals surface area contributed by atoms with Crippen molar-refractivity contribution >= 4 is 6.09 Å². The average molecular weight is 271 g/mol. The van der Waals surface area contributed by atoms with Gasteiger partial charge in [0.05, 0.1) is 0 Å². The maximum atomic E-state index is 13.3. The summed E-state index contributed by atoms with van der Waals surface area (Å²) in [5.74, 6) is 0.309. The summed E-state index contributed by atoms with van der Waals surface area (Å²) < 4.78 is 30.6. The van der Waals surface area contributed by atoms with Gasteiger partial charge in [0, 0.05) is 12.1 Å². The number of carbonyl (C=O) groups is 1. The van der Waals surface area contributed by atoms with E-state index in [1.807, 2.05) is 0 Å². The summed E-state index contributed by atoms with van der Waals surface area (Å²) in [6, 6.07) is 4.13. The molecule has 2 atom stereocenters. The van der Waals surface area contributed by atoms with Crippen LogP contribution in [0.2, 0.25) is 0 Å².